The second-order valence-electron chi connectivity index (χ2n) is 6.53. The molecule has 0 radical (unpaired) electrons. The van der Waals surface area contributed by atoms with Crippen molar-refractivity contribution in [1.82, 2.24) is 5.32 Å². The van der Waals surface area contributed by atoms with Crippen LogP contribution in [0.25, 0.3) is 0 Å². The summed E-state index contributed by atoms with van der Waals surface area (Å²) in [5, 5.41) is 9.83. The minimum atomic E-state index is -0.223. The van der Waals surface area contributed by atoms with Crippen molar-refractivity contribution < 1.29 is 9.59 Å². The third-order valence-corrected chi connectivity index (χ3v) is 2.98. The van der Waals surface area contributed by atoms with E-state index < -0.39 is 0 Å². The van der Waals surface area contributed by atoms with Crippen LogP contribution in [0.5, 0.6) is 0 Å². The highest BCUT2D eigenvalue weighted by atomic mass is 16.1. The highest BCUT2D eigenvalue weighted by Crippen LogP contribution is 2.04. The number of nitrogens with one attached hydrogen (secondary N) is 2. The average molecular weight is 358 g/mol. The quantitative estimate of drug-likeness (QED) is 0.257. The van der Waals surface area contributed by atoms with Gasteiger partial charge in [-0.05, 0) is 31.6 Å². The average Bonchev–Trinajstić information content (AvgIpc) is 2.58. The zero-order valence-corrected chi connectivity index (χ0v) is 17.3. The summed E-state index contributed by atoms with van der Waals surface area (Å²) < 4.78 is 0. The van der Waals surface area contributed by atoms with E-state index in [1.807, 2.05) is 13.8 Å². The molecule has 0 aromatic rings. The molecule has 0 aromatic carbocycles. The molecule has 0 aliphatic rings. The summed E-state index contributed by atoms with van der Waals surface area (Å²) in [6, 6.07) is -0.223. The number of carbonyl (C=O) groups excluding carboxylic acids is 2. The summed E-state index contributed by atoms with van der Waals surface area (Å²) in [5.74, 6) is 0.901. The second kappa shape index (κ2) is 25.0. The lowest BCUT2D eigenvalue weighted by Gasteiger charge is -2.06. The van der Waals surface area contributed by atoms with Gasteiger partial charge in [0.2, 0.25) is 5.91 Å². The van der Waals surface area contributed by atoms with Crippen LogP contribution in [0.15, 0.2) is 0 Å². The minimum absolute atomic E-state index is 0.0677. The Hall–Kier alpha value is -1.23. The standard InChI is InChI=1S/C14H27N3O2.C4H10.C2H6/c15-12-13(16)8-7-9-14(19)17-10-5-3-1-2-4-6-11-18;1-4(2)3;1-2/h11-13,15H,1-10,16H2,(H,17,19);4H,1-3H3;1-2H3. The summed E-state index contributed by atoms with van der Waals surface area (Å²) in [6.07, 6.45) is 10.0. The van der Waals surface area contributed by atoms with Gasteiger partial charge in [0, 0.05) is 31.6 Å². The van der Waals surface area contributed by atoms with Crippen molar-refractivity contribution in [3.63, 3.8) is 0 Å². The molecule has 0 aromatic heterocycles. The molecule has 1 unspecified atom stereocenters. The minimum Gasteiger partial charge on any atom is -0.356 e. The van der Waals surface area contributed by atoms with Crippen molar-refractivity contribution in [2.75, 3.05) is 6.54 Å². The second-order valence-corrected chi connectivity index (χ2v) is 6.53. The Morgan fingerprint density at radius 2 is 1.56 bits per heavy atom. The number of amides is 1. The van der Waals surface area contributed by atoms with Crippen LogP contribution >= 0.6 is 0 Å². The SMILES string of the molecule is CC.CC(C)C.N=CC(N)CCCC(=O)NCCCCCCCC=O. The smallest absolute Gasteiger partial charge is 0.219 e. The van der Waals surface area contributed by atoms with Crippen molar-refractivity contribution in [3.8, 4) is 0 Å². The molecule has 0 fully saturated rings. The van der Waals surface area contributed by atoms with Crippen molar-refractivity contribution in [1.29, 1.82) is 5.41 Å². The van der Waals surface area contributed by atoms with Gasteiger partial charge in [-0.3, -0.25) is 4.79 Å². The van der Waals surface area contributed by atoms with E-state index >= 15 is 0 Å². The van der Waals surface area contributed by atoms with Gasteiger partial charge in [-0.2, -0.15) is 0 Å². The fraction of sp³-hybridized carbons (Fsp3) is 0.850. The van der Waals surface area contributed by atoms with Gasteiger partial charge in [0.1, 0.15) is 6.29 Å². The molecule has 1 amide bonds. The number of hydrogen-bond donors (Lipinski definition) is 3. The van der Waals surface area contributed by atoms with E-state index in [4.69, 9.17) is 11.1 Å². The maximum Gasteiger partial charge on any atom is 0.219 e. The van der Waals surface area contributed by atoms with E-state index in [-0.39, 0.29) is 11.9 Å². The van der Waals surface area contributed by atoms with Crippen LogP contribution in [0.3, 0.4) is 0 Å². The van der Waals surface area contributed by atoms with E-state index in [0.29, 0.717) is 19.3 Å². The monoisotopic (exact) mass is 357 g/mol. The predicted molar refractivity (Wildman–Crippen MR) is 109 cm³/mol. The van der Waals surface area contributed by atoms with Crippen LogP contribution < -0.4 is 11.1 Å². The predicted octanol–water partition coefficient (Wildman–Crippen LogP) is 4.48. The number of nitrogens with two attached hydrogens (primary N) is 1. The lowest BCUT2D eigenvalue weighted by Crippen LogP contribution is -2.25. The third-order valence-electron chi connectivity index (χ3n) is 2.98. The van der Waals surface area contributed by atoms with Crippen LogP contribution in [0.4, 0.5) is 0 Å². The molecule has 0 aliphatic carbocycles. The van der Waals surface area contributed by atoms with Gasteiger partial charge in [-0.1, -0.05) is 53.9 Å². The zero-order chi connectivity index (χ0) is 19.9. The van der Waals surface area contributed by atoms with Crippen molar-refractivity contribution in [2.45, 2.75) is 98.4 Å². The van der Waals surface area contributed by atoms with E-state index in [9.17, 15) is 9.59 Å². The van der Waals surface area contributed by atoms with Crippen molar-refractivity contribution in [2.24, 2.45) is 11.7 Å². The van der Waals surface area contributed by atoms with Crippen LogP contribution in [0.2, 0.25) is 0 Å². The normalized spacial score (nSPS) is 10.7. The molecule has 150 valence electrons. The molecular formula is C20H43N3O2. The molecule has 0 aliphatic heterocycles. The summed E-state index contributed by atoms with van der Waals surface area (Å²) in [6.45, 7) is 11.2. The number of rotatable bonds is 13. The van der Waals surface area contributed by atoms with E-state index in [0.717, 1.165) is 57.3 Å². The Morgan fingerprint density at radius 3 is 2.08 bits per heavy atom. The van der Waals surface area contributed by atoms with Gasteiger partial charge in [0.15, 0.2) is 0 Å². The molecule has 0 bridgehead atoms. The molecule has 0 saturated heterocycles. The molecular weight excluding hydrogens is 314 g/mol. The van der Waals surface area contributed by atoms with Crippen LogP contribution in [-0.4, -0.2) is 31.0 Å². The Kier molecular flexibility index (Phi) is 28.6. The van der Waals surface area contributed by atoms with Crippen LogP contribution in [-0.2, 0) is 9.59 Å². The van der Waals surface area contributed by atoms with Gasteiger partial charge in [-0.15, -0.1) is 0 Å². The molecule has 5 nitrogen and oxygen atoms in total. The highest BCUT2D eigenvalue weighted by molar-refractivity contribution is 5.75. The Labute approximate surface area is 156 Å². The number of aldehydes is 1. The summed E-state index contributed by atoms with van der Waals surface area (Å²) in [7, 11) is 0. The number of unbranched alkanes of at least 4 members (excludes halogenated alkanes) is 5. The molecule has 0 saturated carbocycles. The maximum absolute atomic E-state index is 11.4. The van der Waals surface area contributed by atoms with Gasteiger partial charge < -0.3 is 21.3 Å². The number of carbonyl (C=O) groups is 2. The fourth-order valence-electron chi connectivity index (χ4n) is 1.78. The maximum atomic E-state index is 11.4. The van der Waals surface area contributed by atoms with E-state index in [1.54, 1.807) is 0 Å². The molecule has 0 spiro atoms. The van der Waals surface area contributed by atoms with E-state index in [1.165, 1.54) is 6.21 Å². The number of hydrogen-bond acceptors (Lipinski definition) is 4. The van der Waals surface area contributed by atoms with E-state index in [2.05, 4.69) is 26.1 Å². The van der Waals surface area contributed by atoms with Crippen LogP contribution in [0, 0.1) is 11.3 Å². The molecule has 1 atom stereocenters. The lowest BCUT2D eigenvalue weighted by atomic mass is 10.1. The molecule has 0 heterocycles. The Balaban J connectivity index is -0.000000701. The van der Waals surface area contributed by atoms with Gasteiger partial charge in [0.25, 0.3) is 0 Å². The Morgan fingerprint density at radius 1 is 1.04 bits per heavy atom. The first-order chi connectivity index (χ1) is 11.9. The first-order valence-electron chi connectivity index (χ1n) is 9.90. The first-order valence-corrected chi connectivity index (χ1v) is 9.90. The Bertz CT molecular complexity index is 292. The molecule has 4 N–H and O–H groups in total. The lowest BCUT2D eigenvalue weighted by molar-refractivity contribution is -0.121. The summed E-state index contributed by atoms with van der Waals surface area (Å²) in [5.41, 5.74) is 5.55. The first kappa shape index (κ1) is 28.6. The van der Waals surface area contributed by atoms with Crippen molar-refractivity contribution >= 4 is 18.4 Å². The largest absolute Gasteiger partial charge is 0.356 e. The summed E-state index contributed by atoms with van der Waals surface area (Å²) in [4.78, 5) is 21.5. The van der Waals surface area contributed by atoms with Gasteiger partial charge in [0.05, 0.1) is 0 Å². The molecule has 5 heteroatoms. The zero-order valence-electron chi connectivity index (χ0n) is 17.3. The molecule has 0 rings (SSSR count). The van der Waals surface area contributed by atoms with Gasteiger partial charge >= 0.3 is 0 Å². The third kappa shape index (κ3) is 34.9. The summed E-state index contributed by atoms with van der Waals surface area (Å²) >= 11 is 0. The van der Waals surface area contributed by atoms with Crippen molar-refractivity contribution in [3.05, 3.63) is 0 Å². The van der Waals surface area contributed by atoms with Crippen LogP contribution in [0.1, 0.15) is 92.4 Å². The topological polar surface area (TPSA) is 96.0 Å². The van der Waals surface area contributed by atoms with Gasteiger partial charge in [-0.25, -0.2) is 0 Å². The highest BCUT2D eigenvalue weighted by Gasteiger charge is 2.02. The molecule has 25 heavy (non-hydrogen) atoms. The fourth-order valence-corrected chi connectivity index (χ4v) is 1.78.